The topological polar surface area (TPSA) is 149 Å². The Hall–Kier alpha value is -2.11. The van der Waals surface area contributed by atoms with Gasteiger partial charge in [0, 0.05) is 6.42 Å². The first kappa shape index (κ1) is 50.9. The predicted molar refractivity (Wildman–Crippen MR) is 226 cm³/mol. The van der Waals surface area contributed by atoms with Crippen molar-refractivity contribution in [3.8, 4) is 0 Å². The Morgan fingerprint density at radius 2 is 1.15 bits per heavy atom. The van der Waals surface area contributed by atoms with Crippen molar-refractivity contribution >= 4 is 5.91 Å². The zero-order valence-corrected chi connectivity index (χ0v) is 34.7. The first-order valence-electron chi connectivity index (χ1n) is 22.0. The van der Waals surface area contributed by atoms with Gasteiger partial charge in [0.1, 0.15) is 24.4 Å². The molecular formula is C46H81NO8. The van der Waals surface area contributed by atoms with Crippen LogP contribution in [0.25, 0.3) is 0 Å². The van der Waals surface area contributed by atoms with Crippen molar-refractivity contribution in [3.63, 3.8) is 0 Å². The van der Waals surface area contributed by atoms with Crippen molar-refractivity contribution in [1.82, 2.24) is 5.32 Å². The monoisotopic (exact) mass is 776 g/mol. The third-order valence-corrected chi connectivity index (χ3v) is 10.1. The van der Waals surface area contributed by atoms with E-state index in [0.717, 1.165) is 57.8 Å². The van der Waals surface area contributed by atoms with Gasteiger partial charge in [-0.25, -0.2) is 0 Å². The van der Waals surface area contributed by atoms with Crippen LogP contribution in [0.3, 0.4) is 0 Å². The number of hydrogen-bond acceptors (Lipinski definition) is 8. The van der Waals surface area contributed by atoms with Crippen molar-refractivity contribution in [2.24, 2.45) is 0 Å². The number of nitrogens with one attached hydrogen (secondary N) is 1. The van der Waals surface area contributed by atoms with E-state index in [1.165, 1.54) is 83.5 Å². The van der Waals surface area contributed by atoms with Crippen LogP contribution in [-0.4, -0.2) is 87.5 Å². The summed E-state index contributed by atoms with van der Waals surface area (Å²) in [5, 5.41) is 54.0. The number of unbranched alkanes of at least 4 members (excludes halogenated alkanes) is 17. The summed E-state index contributed by atoms with van der Waals surface area (Å²) in [6.45, 7) is 3.60. The van der Waals surface area contributed by atoms with Crippen LogP contribution in [0, 0.1) is 0 Å². The zero-order chi connectivity index (χ0) is 40.2. The summed E-state index contributed by atoms with van der Waals surface area (Å²) in [4.78, 5) is 12.9. The first-order chi connectivity index (χ1) is 26.8. The van der Waals surface area contributed by atoms with Gasteiger partial charge in [-0.15, -0.1) is 0 Å². The molecule has 1 aliphatic rings. The lowest BCUT2D eigenvalue weighted by Gasteiger charge is -2.40. The fraction of sp³-hybridized carbons (Fsp3) is 0.761. The van der Waals surface area contributed by atoms with E-state index in [9.17, 15) is 30.3 Å². The molecule has 0 aromatic carbocycles. The van der Waals surface area contributed by atoms with Gasteiger partial charge in [-0.05, 0) is 64.2 Å². The molecule has 318 valence electrons. The zero-order valence-electron chi connectivity index (χ0n) is 34.7. The number of allylic oxidation sites excluding steroid dienone is 9. The quantitative estimate of drug-likeness (QED) is 0.0277. The van der Waals surface area contributed by atoms with Gasteiger partial charge in [0.15, 0.2) is 6.29 Å². The number of ether oxygens (including phenoxy) is 2. The highest BCUT2D eigenvalue weighted by Crippen LogP contribution is 2.22. The molecule has 1 saturated heterocycles. The number of hydrogen-bond donors (Lipinski definition) is 6. The highest BCUT2D eigenvalue weighted by Gasteiger charge is 2.44. The maximum Gasteiger partial charge on any atom is 0.220 e. The van der Waals surface area contributed by atoms with E-state index in [1.807, 2.05) is 6.08 Å². The maximum absolute atomic E-state index is 12.9. The number of amides is 1. The fourth-order valence-electron chi connectivity index (χ4n) is 6.54. The SMILES string of the molecule is CC/C=C\C/C=C\C/C=C\CCCCCC(=O)NC(COC1OC(CO)C(O)C(O)C1O)C(O)/C=C/CC/C=C/CCCCCCCCCCCCCCC. The summed E-state index contributed by atoms with van der Waals surface area (Å²) in [5.74, 6) is -0.219. The number of carbonyl (C=O) groups is 1. The molecule has 9 nitrogen and oxygen atoms in total. The Kier molecular flexibility index (Phi) is 33.5. The molecule has 1 fully saturated rings. The molecule has 1 heterocycles. The van der Waals surface area contributed by atoms with Crippen LogP contribution in [0.15, 0.2) is 60.8 Å². The Morgan fingerprint density at radius 3 is 1.75 bits per heavy atom. The number of aliphatic hydroxyl groups excluding tert-OH is 5. The fourth-order valence-corrected chi connectivity index (χ4v) is 6.54. The second-order valence-electron chi connectivity index (χ2n) is 15.1. The van der Waals surface area contributed by atoms with Crippen LogP contribution in [-0.2, 0) is 14.3 Å². The summed E-state index contributed by atoms with van der Waals surface area (Å²) < 4.78 is 11.2. The van der Waals surface area contributed by atoms with Gasteiger partial charge in [0.2, 0.25) is 5.91 Å². The van der Waals surface area contributed by atoms with Crippen LogP contribution in [0.4, 0.5) is 0 Å². The van der Waals surface area contributed by atoms with Crippen LogP contribution in [0.2, 0.25) is 0 Å². The van der Waals surface area contributed by atoms with E-state index < -0.39 is 49.5 Å². The van der Waals surface area contributed by atoms with Crippen molar-refractivity contribution in [2.45, 2.75) is 211 Å². The van der Waals surface area contributed by atoms with E-state index in [1.54, 1.807) is 6.08 Å². The van der Waals surface area contributed by atoms with Gasteiger partial charge in [0.25, 0.3) is 0 Å². The Labute approximate surface area is 335 Å². The minimum absolute atomic E-state index is 0.215. The molecule has 9 heteroatoms. The van der Waals surface area contributed by atoms with E-state index in [-0.39, 0.29) is 12.5 Å². The number of rotatable bonds is 35. The molecule has 55 heavy (non-hydrogen) atoms. The second-order valence-corrected chi connectivity index (χ2v) is 15.1. The largest absolute Gasteiger partial charge is 0.394 e. The summed E-state index contributed by atoms with van der Waals surface area (Å²) >= 11 is 0. The maximum atomic E-state index is 12.9. The normalized spacial score (nSPS) is 21.9. The summed E-state index contributed by atoms with van der Waals surface area (Å²) in [6, 6.07) is -0.837. The molecule has 0 radical (unpaired) electrons. The Balaban J connectivity index is 2.42. The van der Waals surface area contributed by atoms with Crippen molar-refractivity contribution in [1.29, 1.82) is 0 Å². The number of aliphatic hydroxyl groups is 5. The molecule has 1 amide bonds. The van der Waals surface area contributed by atoms with Gasteiger partial charge in [0.05, 0.1) is 25.4 Å². The van der Waals surface area contributed by atoms with Crippen molar-refractivity contribution < 1.29 is 39.8 Å². The molecule has 0 aliphatic carbocycles. The Morgan fingerprint density at radius 1 is 0.636 bits per heavy atom. The van der Waals surface area contributed by atoms with E-state index in [0.29, 0.717) is 12.8 Å². The molecule has 7 atom stereocenters. The van der Waals surface area contributed by atoms with Gasteiger partial charge in [-0.1, -0.05) is 158 Å². The van der Waals surface area contributed by atoms with E-state index in [4.69, 9.17) is 9.47 Å². The minimum Gasteiger partial charge on any atom is -0.394 e. The second kappa shape index (κ2) is 36.2. The lowest BCUT2D eigenvalue weighted by molar-refractivity contribution is -0.302. The van der Waals surface area contributed by atoms with E-state index in [2.05, 4.69) is 67.8 Å². The molecule has 6 N–H and O–H groups in total. The summed E-state index contributed by atoms with van der Waals surface area (Å²) in [6.07, 6.45) is 39.8. The van der Waals surface area contributed by atoms with E-state index >= 15 is 0 Å². The predicted octanol–water partition coefficient (Wildman–Crippen LogP) is 8.83. The first-order valence-corrected chi connectivity index (χ1v) is 22.0. The molecule has 0 aromatic heterocycles. The smallest absolute Gasteiger partial charge is 0.220 e. The summed E-state index contributed by atoms with van der Waals surface area (Å²) in [5.41, 5.74) is 0. The average Bonchev–Trinajstić information content (AvgIpc) is 3.18. The van der Waals surface area contributed by atoms with Gasteiger partial charge in [-0.2, -0.15) is 0 Å². The molecule has 1 rings (SSSR count). The van der Waals surface area contributed by atoms with Gasteiger partial charge < -0.3 is 40.3 Å². The van der Waals surface area contributed by atoms with Crippen LogP contribution >= 0.6 is 0 Å². The number of carbonyl (C=O) groups excluding carboxylic acids is 1. The Bertz CT molecular complexity index is 1040. The van der Waals surface area contributed by atoms with Gasteiger partial charge in [-0.3, -0.25) is 4.79 Å². The molecule has 0 saturated carbocycles. The third kappa shape index (κ3) is 27.2. The molecule has 0 aromatic rings. The molecular weight excluding hydrogens is 695 g/mol. The highest BCUT2D eigenvalue weighted by atomic mass is 16.7. The third-order valence-electron chi connectivity index (χ3n) is 10.1. The standard InChI is InChI=1S/C46H81NO8/c1-3-5-7-9-11-13-15-17-18-19-20-21-22-24-25-27-29-31-33-35-40(49)39(38-54-46-45(53)44(52)43(51)41(37-48)55-46)47-42(50)36-34-32-30-28-26-23-16-14-12-10-8-6-4-2/h6,8,12,14,23,25-27,33,35,39-41,43-46,48-49,51-53H,3-5,7,9-11,13,15-22,24,28-32,34,36-38H2,1-2H3,(H,47,50)/b8-6-,14-12-,26-23-,27-25+,35-33+. The molecule has 1 aliphatic heterocycles. The van der Waals surface area contributed by atoms with Crippen LogP contribution < -0.4 is 5.32 Å². The lowest BCUT2D eigenvalue weighted by atomic mass is 9.99. The summed E-state index contributed by atoms with van der Waals surface area (Å²) in [7, 11) is 0. The van der Waals surface area contributed by atoms with Gasteiger partial charge >= 0.3 is 0 Å². The van der Waals surface area contributed by atoms with Crippen molar-refractivity contribution in [3.05, 3.63) is 60.8 Å². The molecule has 0 bridgehead atoms. The van der Waals surface area contributed by atoms with Crippen molar-refractivity contribution in [2.75, 3.05) is 13.2 Å². The molecule has 0 spiro atoms. The minimum atomic E-state index is -1.58. The molecule has 7 unspecified atom stereocenters. The average molecular weight is 776 g/mol. The van der Waals surface area contributed by atoms with Crippen LogP contribution in [0.1, 0.15) is 168 Å². The highest BCUT2D eigenvalue weighted by molar-refractivity contribution is 5.76. The van der Waals surface area contributed by atoms with Crippen LogP contribution in [0.5, 0.6) is 0 Å². The lowest BCUT2D eigenvalue weighted by Crippen LogP contribution is -2.60.